The second kappa shape index (κ2) is 7.28. The molecule has 1 aromatic rings. The first-order chi connectivity index (χ1) is 8.58. The summed E-state index contributed by atoms with van der Waals surface area (Å²) in [7, 11) is 1.71. The van der Waals surface area contributed by atoms with Gasteiger partial charge in [0.2, 0.25) is 5.95 Å². The van der Waals surface area contributed by atoms with Gasteiger partial charge >= 0.3 is 0 Å². The third-order valence-electron chi connectivity index (χ3n) is 2.72. The van der Waals surface area contributed by atoms with Gasteiger partial charge in [-0.2, -0.15) is 0 Å². The summed E-state index contributed by atoms with van der Waals surface area (Å²) in [5, 5.41) is 0. The van der Waals surface area contributed by atoms with Crippen molar-refractivity contribution in [1.29, 1.82) is 0 Å². The van der Waals surface area contributed by atoms with Crippen molar-refractivity contribution in [1.82, 2.24) is 9.97 Å². The zero-order valence-electron chi connectivity index (χ0n) is 11.8. The highest BCUT2D eigenvalue weighted by atomic mass is 16.5. The molecule has 1 rings (SSSR count). The average Bonchev–Trinajstić information content (AvgIpc) is 2.34. The average molecular weight is 252 g/mol. The van der Waals surface area contributed by atoms with Crippen LogP contribution in [0.5, 0.6) is 0 Å². The van der Waals surface area contributed by atoms with Gasteiger partial charge in [0.25, 0.3) is 0 Å². The molecule has 0 saturated carbocycles. The van der Waals surface area contributed by atoms with Crippen LogP contribution in [0, 0.1) is 12.8 Å². The van der Waals surface area contributed by atoms with Crippen molar-refractivity contribution in [2.75, 3.05) is 31.7 Å². The largest absolute Gasteiger partial charge is 0.383 e. The number of hydrogen-bond acceptors (Lipinski definition) is 5. The van der Waals surface area contributed by atoms with Gasteiger partial charge in [-0.25, -0.2) is 9.97 Å². The molecule has 0 aliphatic rings. The second-order valence-electron chi connectivity index (χ2n) is 4.82. The van der Waals surface area contributed by atoms with Gasteiger partial charge < -0.3 is 15.4 Å². The highest BCUT2D eigenvalue weighted by Crippen LogP contribution is 2.12. The number of hydrogen-bond donors (Lipinski definition) is 1. The number of methoxy groups -OCH3 is 1. The molecular weight excluding hydrogens is 228 g/mol. The van der Waals surface area contributed by atoms with Crippen LogP contribution in [-0.2, 0) is 11.3 Å². The van der Waals surface area contributed by atoms with Crippen molar-refractivity contribution in [2.24, 2.45) is 11.7 Å². The molecule has 0 fully saturated rings. The first kappa shape index (κ1) is 14.9. The van der Waals surface area contributed by atoms with Crippen molar-refractivity contribution < 1.29 is 4.74 Å². The fourth-order valence-electron chi connectivity index (χ4n) is 1.75. The fourth-order valence-corrected chi connectivity index (χ4v) is 1.75. The van der Waals surface area contributed by atoms with Gasteiger partial charge in [-0.05, 0) is 12.8 Å². The van der Waals surface area contributed by atoms with E-state index in [1.807, 2.05) is 13.1 Å². The standard InChI is InChI=1S/C13H24N4O/c1-10(2)9-17(5-6-18-4)13-15-8-12(7-14)11(3)16-13/h8,10H,5-7,9,14H2,1-4H3. The zero-order valence-corrected chi connectivity index (χ0v) is 11.8. The molecule has 0 spiro atoms. The van der Waals surface area contributed by atoms with Crippen LogP contribution < -0.4 is 10.6 Å². The van der Waals surface area contributed by atoms with Crippen molar-refractivity contribution in [3.8, 4) is 0 Å². The van der Waals surface area contributed by atoms with Crippen LogP contribution in [-0.4, -0.2) is 36.8 Å². The Morgan fingerprint density at radius 1 is 1.44 bits per heavy atom. The van der Waals surface area contributed by atoms with Gasteiger partial charge in [0.05, 0.1) is 6.61 Å². The van der Waals surface area contributed by atoms with E-state index in [-0.39, 0.29) is 0 Å². The van der Waals surface area contributed by atoms with Crippen LogP contribution in [0.25, 0.3) is 0 Å². The van der Waals surface area contributed by atoms with Crippen LogP contribution in [0.4, 0.5) is 5.95 Å². The van der Waals surface area contributed by atoms with E-state index >= 15 is 0 Å². The molecule has 1 aromatic heterocycles. The second-order valence-corrected chi connectivity index (χ2v) is 4.82. The molecule has 5 nitrogen and oxygen atoms in total. The van der Waals surface area contributed by atoms with E-state index in [4.69, 9.17) is 10.5 Å². The van der Waals surface area contributed by atoms with E-state index in [0.717, 1.165) is 30.3 Å². The van der Waals surface area contributed by atoms with Crippen LogP contribution in [0.3, 0.4) is 0 Å². The summed E-state index contributed by atoms with van der Waals surface area (Å²) in [6.45, 7) is 9.21. The van der Waals surface area contributed by atoms with Gasteiger partial charge in [-0.15, -0.1) is 0 Å². The number of nitrogens with two attached hydrogens (primary N) is 1. The highest BCUT2D eigenvalue weighted by molar-refractivity contribution is 5.33. The minimum Gasteiger partial charge on any atom is -0.383 e. The molecule has 2 N–H and O–H groups in total. The molecule has 0 unspecified atom stereocenters. The maximum absolute atomic E-state index is 5.62. The van der Waals surface area contributed by atoms with Crippen LogP contribution in [0.2, 0.25) is 0 Å². The number of rotatable bonds is 7. The lowest BCUT2D eigenvalue weighted by Gasteiger charge is -2.24. The molecular formula is C13H24N4O. The number of aryl methyl sites for hydroxylation is 1. The molecule has 102 valence electrons. The quantitative estimate of drug-likeness (QED) is 0.793. The molecule has 0 aliphatic heterocycles. The van der Waals surface area contributed by atoms with Crippen molar-refractivity contribution >= 4 is 5.95 Å². The van der Waals surface area contributed by atoms with Gasteiger partial charge in [0, 0.05) is 44.2 Å². The van der Waals surface area contributed by atoms with Gasteiger partial charge in [0.1, 0.15) is 0 Å². The Morgan fingerprint density at radius 2 is 2.17 bits per heavy atom. The van der Waals surface area contributed by atoms with Crippen molar-refractivity contribution in [3.63, 3.8) is 0 Å². The lowest BCUT2D eigenvalue weighted by atomic mass is 10.2. The van der Waals surface area contributed by atoms with Gasteiger partial charge in [-0.3, -0.25) is 0 Å². The number of ether oxygens (including phenoxy) is 1. The van der Waals surface area contributed by atoms with Crippen molar-refractivity contribution in [2.45, 2.75) is 27.3 Å². The Balaban J connectivity index is 2.86. The van der Waals surface area contributed by atoms with E-state index in [0.29, 0.717) is 19.1 Å². The number of aromatic nitrogens is 2. The predicted octanol–water partition coefficient (Wildman–Crippen LogP) is 1.35. The Bertz CT molecular complexity index is 368. The molecule has 0 amide bonds. The van der Waals surface area contributed by atoms with E-state index in [2.05, 4.69) is 28.7 Å². The minimum atomic E-state index is 0.481. The molecule has 0 atom stereocenters. The normalized spacial score (nSPS) is 11.0. The summed E-state index contributed by atoms with van der Waals surface area (Å²) < 4.78 is 5.13. The third kappa shape index (κ3) is 4.23. The Kier molecular flexibility index (Phi) is 6.01. The highest BCUT2D eigenvalue weighted by Gasteiger charge is 2.12. The van der Waals surface area contributed by atoms with Gasteiger partial charge in [0.15, 0.2) is 0 Å². The summed E-state index contributed by atoms with van der Waals surface area (Å²) >= 11 is 0. The van der Waals surface area contributed by atoms with E-state index < -0.39 is 0 Å². The molecule has 0 aromatic carbocycles. The summed E-state index contributed by atoms with van der Waals surface area (Å²) in [5.41, 5.74) is 7.57. The maximum Gasteiger partial charge on any atom is 0.225 e. The first-order valence-electron chi connectivity index (χ1n) is 6.35. The summed E-state index contributed by atoms with van der Waals surface area (Å²) in [6, 6.07) is 0. The Morgan fingerprint density at radius 3 is 2.67 bits per heavy atom. The topological polar surface area (TPSA) is 64.3 Å². The van der Waals surface area contributed by atoms with Crippen LogP contribution >= 0.6 is 0 Å². The van der Waals surface area contributed by atoms with Crippen LogP contribution in [0.15, 0.2) is 6.20 Å². The molecule has 18 heavy (non-hydrogen) atoms. The predicted molar refractivity (Wildman–Crippen MR) is 73.6 cm³/mol. The summed E-state index contributed by atoms with van der Waals surface area (Å²) in [4.78, 5) is 11.1. The monoisotopic (exact) mass is 252 g/mol. The third-order valence-corrected chi connectivity index (χ3v) is 2.72. The molecule has 0 bridgehead atoms. The Hall–Kier alpha value is -1.20. The van der Waals surface area contributed by atoms with Crippen molar-refractivity contribution in [3.05, 3.63) is 17.5 Å². The first-order valence-corrected chi connectivity index (χ1v) is 6.35. The number of nitrogens with zero attached hydrogens (tertiary/aromatic N) is 3. The maximum atomic E-state index is 5.62. The molecule has 1 heterocycles. The van der Waals surface area contributed by atoms with E-state index in [9.17, 15) is 0 Å². The van der Waals surface area contributed by atoms with Gasteiger partial charge in [-0.1, -0.05) is 13.8 Å². The summed E-state index contributed by atoms with van der Waals surface area (Å²) in [5.74, 6) is 1.32. The molecule has 5 heteroatoms. The Labute approximate surface area is 109 Å². The smallest absolute Gasteiger partial charge is 0.225 e. The minimum absolute atomic E-state index is 0.481. The lowest BCUT2D eigenvalue weighted by molar-refractivity contribution is 0.204. The van der Waals surface area contributed by atoms with Crippen LogP contribution in [0.1, 0.15) is 25.1 Å². The lowest BCUT2D eigenvalue weighted by Crippen LogP contribution is -2.32. The molecule has 0 radical (unpaired) electrons. The molecule has 0 aliphatic carbocycles. The zero-order chi connectivity index (χ0) is 13.5. The fraction of sp³-hybridized carbons (Fsp3) is 0.692. The molecule has 0 saturated heterocycles. The van der Waals surface area contributed by atoms with E-state index in [1.165, 1.54) is 0 Å². The SMILES string of the molecule is COCCN(CC(C)C)c1ncc(CN)c(C)n1. The number of anilines is 1. The summed E-state index contributed by atoms with van der Waals surface area (Å²) in [6.07, 6.45) is 1.82. The van der Waals surface area contributed by atoms with E-state index in [1.54, 1.807) is 7.11 Å².